The van der Waals surface area contributed by atoms with Crippen molar-refractivity contribution >= 4 is 11.9 Å². The lowest BCUT2D eigenvalue weighted by molar-refractivity contribution is -0.123. The fourth-order valence-electron chi connectivity index (χ4n) is 2.69. The van der Waals surface area contributed by atoms with Crippen molar-refractivity contribution in [1.82, 2.24) is 10.6 Å². The predicted octanol–water partition coefficient (Wildman–Crippen LogP) is 0.737. The van der Waals surface area contributed by atoms with Gasteiger partial charge in [0, 0.05) is 6.54 Å². The lowest BCUT2D eigenvalue weighted by Crippen LogP contribution is -2.50. The van der Waals surface area contributed by atoms with Gasteiger partial charge in [0.1, 0.15) is 6.04 Å². The van der Waals surface area contributed by atoms with Crippen LogP contribution in [0.25, 0.3) is 0 Å². The molecule has 20 heavy (non-hydrogen) atoms. The first-order chi connectivity index (χ1) is 9.38. The zero-order valence-electron chi connectivity index (χ0n) is 12.4. The Morgan fingerprint density at radius 3 is 2.60 bits per heavy atom. The Balaban J connectivity index is 2.42. The third kappa shape index (κ3) is 6.23. The number of urea groups is 1. The van der Waals surface area contributed by atoms with E-state index in [1.165, 1.54) is 0 Å². The molecule has 3 amide bonds. The van der Waals surface area contributed by atoms with Crippen LogP contribution in [0.3, 0.4) is 0 Å². The molecular weight excluding hydrogens is 258 g/mol. The molecule has 3 unspecified atom stereocenters. The van der Waals surface area contributed by atoms with Crippen molar-refractivity contribution < 1.29 is 14.7 Å². The van der Waals surface area contributed by atoms with Crippen molar-refractivity contribution in [3.8, 4) is 0 Å². The van der Waals surface area contributed by atoms with Crippen molar-refractivity contribution in [3.63, 3.8) is 0 Å². The molecule has 1 saturated carbocycles. The Kier molecular flexibility index (Phi) is 6.78. The molecule has 0 saturated heterocycles. The first kappa shape index (κ1) is 16.8. The number of rotatable bonds is 6. The molecule has 0 radical (unpaired) electrons. The summed E-state index contributed by atoms with van der Waals surface area (Å²) in [6.45, 7) is 4.52. The van der Waals surface area contributed by atoms with E-state index >= 15 is 0 Å². The summed E-state index contributed by atoms with van der Waals surface area (Å²) in [5.41, 5.74) is 5.10. The van der Waals surface area contributed by atoms with E-state index in [0.29, 0.717) is 18.9 Å². The molecule has 3 atom stereocenters. The Morgan fingerprint density at radius 2 is 2.05 bits per heavy atom. The molecule has 1 fully saturated rings. The first-order valence-corrected chi connectivity index (χ1v) is 7.40. The molecule has 116 valence electrons. The van der Waals surface area contributed by atoms with Crippen LogP contribution in [0.15, 0.2) is 0 Å². The second-order valence-electron chi connectivity index (χ2n) is 6.12. The van der Waals surface area contributed by atoms with Crippen molar-refractivity contribution in [2.45, 2.75) is 58.1 Å². The normalized spacial score (nSPS) is 24.2. The second kappa shape index (κ2) is 8.09. The van der Waals surface area contributed by atoms with Crippen molar-refractivity contribution in [2.24, 2.45) is 17.6 Å². The van der Waals surface area contributed by atoms with Gasteiger partial charge in [-0.25, -0.2) is 4.79 Å². The number of amides is 3. The van der Waals surface area contributed by atoms with E-state index in [-0.39, 0.29) is 17.9 Å². The maximum atomic E-state index is 12.1. The van der Waals surface area contributed by atoms with Gasteiger partial charge < -0.3 is 21.5 Å². The van der Waals surface area contributed by atoms with Crippen LogP contribution >= 0.6 is 0 Å². The molecule has 1 aliphatic rings. The average molecular weight is 285 g/mol. The Morgan fingerprint density at radius 1 is 1.35 bits per heavy atom. The van der Waals surface area contributed by atoms with Crippen molar-refractivity contribution in [2.75, 3.05) is 6.54 Å². The van der Waals surface area contributed by atoms with Gasteiger partial charge in [-0.3, -0.25) is 4.79 Å². The van der Waals surface area contributed by atoms with Crippen LogP contribution in [0, 0.1) is 11.8 Å². The van der Waals surface area contributed by atoms with Gasteiger partial charge in [0.05, 0.1) is 6.10 Å². The van der Waals surface area contributed by atoms with Gasteiger partial charge in [-0.05, 0) is 37.5 Å². The first-order valence-electron chi connectivity index (χ1n) is 7.40. The summed E-state index contributed by atoms with van der Waals surface area (Å²) in [5.74, 6) is 0.405. The van der Waals surface area contributed by atoms with E-state index in [2.05, 4.69) is 10.6 Å². The van der Waals surface area contributed by atoms with E-state index < -0.39 is 12.1 Å². The highest BCUT2D eigenvalue weighted by Gasteiger charge is 2.24. The van der Waals surface area contributed by atoms with E-state index in [4.69, 9.17) is 5.73 Å². The number of primary amides is 1. The standard InChI is InChI=1S/C14H27N3O3/c1-9(2)6-12(17-14(15)20)13(19)16-8-10-4-3-5-11(18)7-10/h9-12,18H,3-8H2,1-2H3,(H,16,19)(H3,15,17,20). The van der Waals surface area contributed by atoms with E-state index in [1.54, 1.807) is 0 Å². The maximum absolute atomic E-state index is 12.1. The fraction of sp³-hybridized carbons (Fsp3) is 0.857. The van der Waals surface area contributed by atoms with Gasteiger partial charge >= 0.3 is 6.03 Å². The summed E-state index contributed by atoms with van der Waals surface area (Å²) in [5, 5.41) is 15.0. The molecule has 0 aromatic heterocycles. The molecule has 6 heteroatoms. The highest BCUT2D eigenvalue weighted by Crippen LogP contribution is 2.23. The molecule has 0 spiro atoms. The zero-order chi connectivity index (χ0) is 15.1. The molecule has 0 aliphatic heterocycles. The third-order valence-electron chi connectivity index (χ3n) is 3.66. The maximum Gasteiger partial charge on any atom is 0.312 e. The fourth-order valence-corrected chi connectivity index (χ4v) is 2.69. The summed E-state index contributed by atoms with van der Waals surface area (Å²) in [4.78, 5) is 23.0. The topological polar surface area (TPSA) is 104 Å². The van der Waals surface area contributed by atoms with Crippen LogP contribution in [0.2, 0.25) is 0 Å². The minimum atomic E-state index is -0.682. The highest BCUT2D eigenvalue weighted by molar-refractivity contribution is 5.86. The molecule has 5 N–H and O–H groups in total. The number of carbonyl (C=O) groups excluding carboxylic acids is 2. The van der Waals surface area contributed by atoms with Crippen LogP contribution in [0.5, 0.6) is 0 Å². The summed E-state index contributed by atoms with van der Waals surface area (Å²) >= 11 is 0. The SMILES string of the molecule is CC(C)CC(NC(N)=O)C(=O)NCC1CCCC(O)C1. The van der Waals surface area contributed by atoms with E-state index in [1.807, 2.05) is 13.8 Å². The van der Waals surface area contributed by atoms with Crippen LogP contribution in [0.4, 0.5) is 4.79 Å². The second-order valence-corrected chi connectivity index (χ2v) is 6.12. The van der Waals surface area contributed by atoms with Crippen molar-refractivity contribution in [3.05, 3.63) is 0 Å². The third-order valence-corrected chi connectivity index (χ3v) is 3.66. The van der Waals surface area contributed by atoms with Gasteiger partial charge in [-0.1, -0.05) is 20.3 Å². The van der Waals surface area contributed by atoms with Crippen LogP contribution in [-0.4, -0.2) is 35.7 Å². The molecule has 0 aromatic rings. The Labute approximate surface area is 120 Å². The van der Waals surface area contributed by atoms with Gasteiger partial charge in [0.15, 0.2) is 0 Å². The number of nitrogens with one attached hydrogen (secondary N) is 2. The smallest absolute Gasteiger partial charge is 0.312 e. The number of hydrogen-bond acceptors (Lipinski definition) is 3. The summed E-state index contributed by atoms with van der Waals surface area (Å²) < 4.78 is 0. The van der Waals surface area contributed by atoms with Gasteiger partial charge in [0.25, 0.3) is 0 Å². The Bertz CT molecular complexity index is 334. The van der Waals surface area contributed by atoms with Gasteiger partial charge in [-0.2, -0.15) is 0 Å². The van der Waals surface area contributed by atoms with Gasteiger partial charge in [0.2, 0.25) is 5.91 Å². The molecule has 0 bridgehead atoms. The molecule has 6 nitrogen and oxygen atoms in total. The number of aliphatic hydroxyl groups excluding tert-OH is 1. The summed E-state index contributed by atoms with van der Waals surface area (Å²) in [6, 6.07) is -1.26. The van der Waals surface area contributed by atoms with Crippen molar-refractivity contribution in [1.29, 1.82) is 0 Å². The quantitative estimate of drug-likeness (QED) is 0.578. The molecule has 1 aliphatic carbocycles. The average Bonchev–Trinajstić information content (AvgIpc) is 2.34. The van der Waals surface area contributed by atoms with Gasteiger partial charge in [-0.15, -0.1) is 0 Å². The lowest BCUT2D eigenvalue weighted by atomic mass is 9.87. The number of nitrogens with two attached hydrogens (primary N) is 1. The molecule has 0 aromatic carbocycles. The van der Waals surface area contributed by atoms with E-state index in [9.17, 15) is 14.7 Å². The molecule has 0 heterocycles. The molecule has 1 rings (SSSR count). The summed E-state index contributed by atoms with van der Waals surface area (Å²) in [7, 11) is 0. The minimum Gasteiger partial charge on any atom is -0.393 e. The van der Waals surface area contributed by atoms with E-state index in [0.717, 1.165) is 25.7 Å². The minimum absolute atomic E-state index is 0.197. The Hall–Kier alpha value is -1.30. The summed E-state index contributed by atoms with van der Waals surface area (Å²) in [6.07, 6.45) is 3.91. The van der Waals surface area contributed by atoms with Crippen LogP contribution in [0.1, 0.15) is 46.0 Å². The predicted molar refractivity (Wildman–Crippen MR) is 76.9 cm³/mol. The monoisotopic (exact) mass is 285 g/mol. The zero-order valence-corrected chi connectivity index (χ0v) is 12.4. The van der Waals surface area contributed by atoms with Crippen LogP contribution < -0.4 is 16.4 Å². The molecular formula is C14H27N3O3. The largest absolute Gasteiger partial charge is 0.393 e. The highest BCUT2D eigenvalue weighted by atomic mass is 16.3. The van der Waals surface area contributed by atoms with Crippen LogP contribution in [-0.2, 0) is 4.79 Å². The number of aliphatic hydroxyl groups is 1. The number of carbonyl (C=O) groups is 2. The lowest BCUT2D eigenvalue weighted by Gasteiger charge is -2.27. The number of hydrogen-bond donors (Lipinski definition) is 4.